The number of nitriles is 1. The first-order valence-electron chi connectivity index (χ1n) is 7.66. The lowest BCUT2D eigenvalue weighted by Crippen LogP contribution is -2.20. The lowest BCUT2D eigenvalue weighted by Gasteiger charge is -2.07. The number of carbonyl (C=O) groups is 2. The van der Waals surface area contributed by atoms with Crippen LogP contribution in [0.4, 0.5) is 5.69 Å². The number of H-pyrrole nitrogens is 1. The normalized spacial score (nSPS) is 10.2. The van der Waals surface area contributed by atoms with Crippen LogP contribution in [0.25, 0.3) is 10.9 Å². The molecule has 6 heteroatoms. The number of rotatable bonds is 5. The average Bonchev–Trinajstić information content (AvgIpc) is 3.06. The Morgan fingerprint density at radius 2 is 1.88 bits per heavy atom. The number of nitrogens with zero attached hydrogens (tertiary/aromatic N) is 1. The topological polar surface area (TPSA) is 95.0 Å². The smallest absolute Gasteiger partial charge is 0.340 e. The number of aromatic nitrogens is 1. The average molecular weight is 333 g/mol. The number of fused-ring (bicyclic) bond motifs is 1. The molecule has 0 aliphatic heterocycles. The Labute approximate surface area is 144 Å². The Morgan fingerprint density at radius 3 is 2.64 bits per heavy atom. The molecule has 2 aromatic carbocycles. The summed E-state index contributed by atoms with van der Waals surface area (Å²) < 4.78 is 5.08. The maximum atomic E-state index is 12.1. The molecule has 3 aromatic rings. The van der Waals surface area contributed by atoms with Crippen LogP contribution in [-0.4, -0.2) is 23.5 Å². The molecule has 6 nitrogen and oxygen atoms in total. The summed E-state index contributed by atoms with van der Waals surface area (Å²) in [5.41, 5.74) is 2.67. The molecule has 2 N–H and O–H groups in total. The van der Waals surface area contributed by atoms with Crippen LogP contribution in [0.3, 0.4) is 0 Å². The van der Waals surface area contributed by atoms with E-state index in [4.69, 9.17) is 10.00 Å². The molecular weight excluding hydrogens is 318 g/mol. The lowest BCUT2D eigenvalue weighted by molar-refractivity contribution is -0.119. The van der Waals surface area contributed by atoms with Gasteiger partial charge in [-0.3, -0.25) is 4.79 Å². The molecule has 3 rings (SSSR count). The van der Waals surface area contributed by atoms with Gasteiger partial charge >= 0.3 is 5.97 Å². The van der Waals surface area contributed by atoms with Gasteiger partial charge in [-0.1, -0.05) is 30.3 Å². The molecule has 0 saturated heterocycles. The largest absolute Gasteiger partial charge is 0.452 e. The third-order valence-corrected chi connectivity index (χ3v) is 3.66. The first-order valence-corrected chi connectivity index (χ1v) is 7.66. The molecule has 1 aromatic heterocycles. The van der Waals surface area contributed by atoms with Gasteiger partial charge in [0.2, 0.25) is 0 Å². The number of aromatic amines is 1. The van der Waals surface area contributed by atoms with Crippen LogP contribution in [0, 0.1) is 11.3 Å². The number of anilines is 1. The number of benzene rings is 2. The maximum Gasteiger partial charge on any atom is 0.340 e. The van der Waals surface area contributed by atoms with Crippen molar-refractivity contribution in [1.82, 2.24) is 4.98 Å². The predicted octanol–water partition coefficient (Wildman–Crippen LogP) is 3.03. The molecule has 0 fully saturated rings. The summed E-state index contributed by atoms with van der Waals surface area (Å²) >= 11 is 0. The standard InChI is InChI=1S/C19H15N3O3/c20-10-9-13-5-7-14(8-6-13)22-18(23)12-25-19(24)16-11-21-17-4-2-1-3-15(16)17/h1-8,11,21H,9,12H2,(H,22,23). The van der Waals surface area contributed by atoms with E-state index in [1.807, 2.05) is 24.3 Å². The van der Waals surface area contributed by atoms with Gasteiger partial charge in [0, 0.05) is 22.8 Å². The fourth-order valence-electron chi connectivity index (χ4n) is 2.44. The number of ether oxygens (including phenoxy) is 1. The van der Waals surface area contributed by atoms with Crippen molar-refractivity contribution in [3.8, 4) is 6.07 Å². The molecule has 0 aliphatic carbocycles. The molecule has 0 radical (unpaired) electrons. The molecular formula is C19H15N3O3. The molecule has 124 valence electrons. The minimum absolute atomic E-state index is 0.316. The van der Waals surface area contributed by atoms with Crippen molar-refractivity contribution in [2.45, 2.75) is 6.42 Å². The minimum Gasteiger partial charge on any atom is -0.452 e. The molecule has 1 heterocycles. The SMILES string of the molecule is N#CCc1ccc(NC(=O)COC(=O)c2c[nH]c3ccccc23)cc1. The van der Waals surface area contributed by atoms with Crippen molar-refractivity contribution in [3.63, 3.8) is 0 Å². The van der Waals surface area contributed by atoms with Gasteiger partial charge in [-0.25, -0.2) is 4.79 Å². The molecule has 0 spiro atoms. The molecule has 0 bridgehead atoms. The number of carbonyl (C=O) groups excluding carboxylic acids is 2. The van der Waals surface area contributed by atoms with Crippen molar-refractivity contribution in [3.05, 3.63) is 65.9 Å². The van der Waals surface area contributed by atoms with Gasteiger partial charge in [-0.15, -0.1) is 0 Å². The van der Waals surface area contributed by atoms with Crippen LogP contribution in [0.5, 0.6) is 0 Å². The van der Waals surface area contributed by atoms with E-state index in [0.29, 0.717) is 17.7 Å². The third kappa shape index (κ3) is 3.85. The van der Waals surface area contributed by atoms with Crippen LogP contribution in [-0.2, 0) is 16.0 Å². The number of hydrogen-bond acceptors (Lipinski definition) is 4. The van der Waals surface area contributed by atoms with Crippen LogP contribution in [0.2, 0.25) is 0 Å². The zero-order valence-electron chi connectivity index (χ0n) is 13.3. The Bertz CT molecular complexity index is 952. The Morgan fingerprint density at radius 1 is 1.12 bits per heavy atom. The van der Waals surface area contributed by atoms with Crippen LogP contribution < -0.4 is 5.32 Å². The van der Waals surface area contributed by atoms with E-state index in [9.17, 15) is 9.59 Å². The van der Waals surface area contributed by atoms with Gasteiger partial charge in [0.25, 0.3) is 5.91 Å². The highest BCUT2D eigenvalue weighted by molar-refractivity contribution is 6.05. The minimum atomic E-state index is -0.558. The number of para-hydroxylation sites is 1. The summed E-state index contributed by atoms with van der Waals surface area (Å²) in [7, 11) is 0. The van der Waals surface area contributed by atoms with E-state index in [2.05, 4.69) is 16.4 Å². The number of nitrogens with one attached hydrogen (secondary N) is 2. The van der Waals surface area contributed by atoms with E-state index >= 15 is 0 Å². The van der Waals surface area contributed by atoms with Gasteiger partial charge < -0.3 is 15.0 Å². The van der Waals surface area contributed by atoms with Crippen molar-refractivity contribution >= 4 is 28.5 Å². The summed E-state index contributed by atoms with van der Waals surface area (Å²) in [6.07, 6.45) is 1.88. The van der Waals surface area contributed by atoms with Gasteiger partial charge in [-0.2, -0.15) is 5.26 Å². The maximum absolute atomic E-state index is 12.1. The molecule has 0 unspecified atom stereocenters. The van der Waals surface area contributed by atoms with Gasteiger partial charge in [0.15, 0.2) is 6.61 Å². The zero-order chi connectivity index (χ0) is 17.6. The van der Waals surface area contributed by atoms with Crippen molar-refractivity contribution in [2.75, 3.05) is 11.9 Å². The van der Waals surface area contributed by atoms with E-state index in [1.54, 1.807) is 30.5 Å². The number of amides is 1. The summed E-state index contributed by atoms with van der Waals surface area (Å²) in [6, 6.07) is 16.3. The Hall–Kier alpha value is -3.59. The highest BCUT2D eigenvalue weighted by Gasteiger charge is 2.14. The Balaban J connectivity index is 1.57. The lowest BCUT2D eigenvalue weighted by atomic mass is 10.1. The Kier molecular flexibility index (Phi) is 4.77. The van der Waals surface area contributed by atoms with Crippen LogP contribution in [0.1, 0.15) is 15.9 Å². The highest BCUT2D eigenvalue weighted by Crippen LogP contribution is 2.18. The fraction of sp³-hybridized carbons (Fsp3) is 0.105. The first kappa shape index (κ1) is 16.3. The second-order valence-corrected chi connectivity index (χ2v) is 5.40. The van der Waals surface area contributed by atoms with E-state index in [-0.39, 0.29) is 6.61 Å². The van der Waals surface area contributed by atoms with Crippen molar-refractivity contribution in [2.24, 2.45) is 0 Å². The summed E-state index contributed by atoms with van der Waals surface area (Å²) in [6.45, 7) is -0.377. The van der Waals surface area contributed by atoms with E-state index in [0.717, 1.165) is 16.5 Å². The summed E-state index contributed by atoms with van der Waals surface area (Å²) in [5.74, 6) is -0.988. The van der Waals surface area contributed by atoms with Crippen molar-refractivity contribution in [1.29, 1.82) is 5.26 Å². The van der Waals surface area contributed by atoms with Crippen LogP contribution >= 0.6 is 0 Å². The zero-order valence-corrected chi connectivity index (χ0v) is 13.3. The predicted molar refractivity (Wildman–Crippen MR) is 93.0 cm³/mol. The number of esters is 1. The van der Waals surface area contributed by atoms with Gasteiger partial charge in [0.1, 0.15) is 0 Å². The van der Waals surface area contributed by atoms with Crippen molar-refractivity contribution < 1.29 is 14.3 Å². The van der Waals surface area contributed by atoms with Crippen LogP contribution in [0.15, 0.2) is 54.7 Å². The van der Waals surface area contributed by atoms with Gasteiger partial charge in [-0.05, 0) is 23.8 Å². The summed E-state index contributed by atoms with van der Waals surface area (Å²) in [5, 5.41) is 12.0. The molecule has 0 saturated carbocycles. The second kappa shape index (κ2) is 7.32. The van der Waals surface area contributed by atoms with Gasteiger partial charge in [0.05, 0.1) is 18.1 Å². The molecule has 25 heavy (non-hydrogen) atoms. The second-order valence-electron chi connectivity index (χ2n) is 5.40. The fourth-order valence-corrected chi connectivity index (χ4v) is 2.44. The molecule has 1 amide bonds. The first-order chi connectivity index (χ1) is 12.2. The number of hydrogen-bond donors (Lipinski definition) is 2. The molecule has 0 aliphatic rings. The highest BCUT2D eigenvalue weighted by atomic mass is 16.5. The quantitative estimate of drug-likeness (QED) is 0.702. The van der Waals surface area contributed by atoms with E-state index in [1.165, 1.54) is 0 Å². The third-order valence-electron chi connectivity index (χ3n) is 3.66. The van der Waals surface area contributed by atoms with E-state index < -0.39 is 11.9 Å². The molecule has 0 atom stereocenters. The monoisotopic (exact) mass is 333 g/mol. The summed E-state index contributed by atoms with van der Waals surface area (Å²) in [4.78, 5) is 27.0.